The Bertz CT molecular complexity index is 3520. The van der Waals surface area contributed by atoms with E-state index in [4.69, 9.17) is 15.7 Å². The number of carbonyl (C=O) groups is 2. The van der Waals surface area contributed by atoms with Crippen molar-refractivity contribution in [2.45, 2.75) is 64.2 Å². The van der Waals surface area contributed by atoms with E-state index in [2.05, 4.69) is 99.7 Å². The number of likely N-dealkylation sites (N-methyl/N-ethyl adjacent to an activating group) is 2. The van der Waals surface area contributed by atoms with E-state index in [1.807, 2.05) is 60.4 Å². The van der Waals surface area contributed by atoms with Crippen LogP contribution in [-0.2, 0) is 14.1 Å². The minimum atomic E-state index is -0.928. The summed E-state index contributed by atoms with van der Waals surface area (Å²) in [4.78, 5) is 58.0. The zero-order valence-electron chi connectivity index (χ0n) is 52.2. The standard InChI is InChI=1S/C34H46N8O.C26H29N5O2.C8H19N3/c1-39-18-20-42(21-19-39)17-7-12-37-34(43)33-23-27-22-26(8-9-32(27)40(33)2)30-24-31(28-25-35-13-10-29(28)38-30)36-11-6-16-41-14-4-3-5-15-41;1-30-24-7-6-18(14-19(24)15-25(30)26(32)33)22-16-23(20-17-27-10-8-21(20)29-22)28-9-5-13-31-11-3-2-4-12-31;1-10-5-7-11(8-6-10)4-2-3-9/h8-10,13,22-25H,3-7,11-12,14-21H2,1-2H3,(H,36,38)(H,37,43);6-8,10,14-17H,2-5,9,11-13H2,1H3,(H,28,29)(H,32,33);2-9H2,1H3. The Morgan fingerprint density at radius 1 is 0.494 bits per heavy atom. The Morgan fingerprint density at radius 2 is 0.920 bits per heavy atom. The van der Waals surface area contributed by atoms with Crippen molar-refractivity contribution in [2.75, 3.05) is 156 Å². The number of likely N-dealkylation sites (tertiary alicyclic amines) is 2. The van der Waals surface area contributed by atoms with Crippen LogP contribution >= 0.6 is 0 Å². The van der Waals surface area contributed by atoms with Crippen LogP contribution in [0.15, 0.2) is 97.6 Å². The van der Waals surface area contributed by atoms with Crippen LogP contribution in [0.1, 0.15) is 85.2 Å². The third-order valence-corrected chi connectivity index (χ3v) is 18.0. The number of rotatable bonds is 21. The molecule has 4 aliphatic heterocycles. The van der Waals surface area contributed by atoms with Crippen LogP contribution in [0.25, 0.3) is 66.1 Å². The van der Waals surface area contributed by atoms with Crippen LogP contribution in [0.3, 0.4) is 0 Å². The molecule has 0 radical (unpaired) electrons. The topological polar surface area (TPSA) is 197 Å². The molecule has 8 aromatic rings. The zero-order valence-corrected chi connectivity index (χ0v) is 52.2. The molecule has 6 N–H and O–H groups in total. The minimum absolute atomic E-state index is 0.0222. The maximum atomic E-state index is 13.1. The van der Waals surface area contributed by atoms with Gasteiger partial charge in [0.05, 0.1) is 22.4 Å². The first-order valence-corrected chi connectivity index (χ1v) is 32.1. The maximum absolute atomic E-state index is 13.1. The van der Waals surface area contributed by atoms with Gasteiger partial charge in [-0.05, 0) is 185 Å². The highest BCUT2D eigenvalue weighted by atomic mass is 16.4. The Balaban J connectivity index is 0.000000168. The number of fused-ring (bicyclic) bond motifs is 4. The van der Waals surface area contributed by atoms with Gasteiger partial charge in [-0.3, -0.25) is 14.8 Å². The van der Waals surface area contributed by atoms with Crippen molar-refractivity contribution >= 4 is 66.9 Å². The summed E-state index contributed by atoms with van der Waals surface area (Å²) in [5.74, 6) is -0.950. The Hall–Kier alpha value is -7.10. The predicted octanol–water partition coefficient (Wildman–Crippen LogP) is 8.80. The molecule has 0 atom stereocenters. The first-order chi connectivity index (χ1) is 42.5. The molecule has 6 aromatic heterocycles. The second kappa shape index (κ2) is 31.2. The smallest absolute Gasteiger partial charge is 0.352 e. The zero-order chi connectivity index (χ0) is 60.5. The SMILES string of the molecule is CN1CCN(CCCN)CC1.CN1CCN(CCCNC(=O)c2cc3cc(-c4cc(NCCCN5CCCCC5)c5cnccc5n4)ccc3n2C)CC1.Cn1c(C(=O)O)cc2cc(-c3cc(NCCCN4CCCCC4)c4cnccc4n3)ccc21. The first-order valence-electron chi connectivity index (χ1n) is 32.1. The normalized spacial score (nSPS) is 16.8. The number of aryl methyl sites for hydroxylation is 2. The molecular formula is C68H94N16O3. The number of aromatic nitrogens is 6. The van der Waals surface area contributed by atoms with Crippen LogP contribution < -0.4 is 21.7 Å². The maximum Gasteiger partial charge on any atom is 0.352 e. The molecule has 12 rings (SSSR count). The fraction of sp³-hybridized carbons (Fsp3) is 0.500. The van der Waals surface area contributed by atoms with Gasteiger partial charge in [-0.25, -0.2) is 14.8 Å². The molecule has 19 nitrogen and oxygen atoms in total. The number of nitrogens with two attached hydrogens (primary N) is 1. The lowest BCUT2D eigenvalue weighted by Gasteiger charge is -2.32. The van der Waals surface area contributed by atoms with Crippen LogP contribution in [0.2, 0.25) is 0 Å². The van der Waals surface area contributed by atoms with Crippen LogP contribution in [0, 0.1) is 0 Å². The van der Waals surface area contributed by atoms with Gasteiger partial charge in [0.25, 0.3) is 5.91 Å². The highest BCUT2D eigenvalue weighted by Gasteiger charge is 2.20. The molecular weight excluding hydrogens is 1090 g/mol. The number of hydrogen-bond donors (Lipinski definition) is 5. The summed E-state index contributed by atoms with van der Waals surface area (Å²) in [5.41, 5.74) is 16.0. The number of aromatic carboxylic acids is 1. The van der Waals surface area contributed by atoms with Gasteiger partial charge in [-0.1, -0.05) is 25.0 Å². The van der Waals surface area contributed by atoms with E-state index in [0.717, 1.165) is 169 Å². The number of nitrogens with one attached hydrogen (secondary N) is 3. The van der Waals surface area contributed by atoms with Gasteiger partial charge in [0.2, 0.25) is 0 Å². The van der Waals surface area contributed by atoms with E-state index in [0.29, 0.717) is 12.2 Å². The van der Waals surface area contributed by atoms with E-state index < -0.39 is 5.97 Å². The van der Waals surface area contributed by atoms with Crippen LogP contribution in [0.5, 0.6) is 0 Å². The molecule has 464 valence electrons. The molecule has 0 bridgehead atoms. The molecule has 2 aromatic carbocycles. The Morgan fingerprint density at radius 3 is 1.38 bits per heavy atom. The summed E-state index contributed by atoms with van der Waals surface area (Å²) in [6, 6.07) is 24.2. The first kappa shape index (κ1) is 62.9. The third-order valence-electron chi connectivity index (χ3n) is 18.0. The van der Waals surface area contributed by atoms with Gasteiger partial charge >= 0.3 is 5.97 Å². The average Bonchev–Trinajstić information content (AvgIpc) is 2.47. The van der Waals surface area contributed by atoms with Gasteiger partial charge in [0, 0.05) is 166 Å². The molecule has 0 spiro atoms. The molecule has 87 heavy (non-hydrogen) atoms. The average molecular weight is 1180 g/mol. The number of carbonyl (C=O) groups excluding carboxylic acids is 1. The summed E-state index contributed by atoms with van der Waals surface area (Å²) >= 11 is 0. The van der Waals surface area contributed by atoms with Crippen molar-refractivity contribution in [3.8, 4) is 22.5 Å². The molecule has 1 amide bonds. The Labute approximate surface area is 514 Å². The van der Waals surface area contributed by atoms with Gasteiger partial charge in [0.15, 0.2) is 0 Å². The lowest BCUT2D eigenvalue weighted by molar-refractivity contribution is 0.0686. The molecule has 4 fully saturated rings. The number of carboxylic acids is 1. The number of pyridine rings is 4. The molecule has 0 aliphatic carbocycles. The number of hydrogen-bond acceptors (Lipinski definition) is 15. The summed E-state index contributed by atoms with van der Waals surface area (Å²) in [7, 11) is 8.10. The largest absolute Gasteiger partial charge is 0.477 e. The van der Waals surface area contributed by atoms with Gasteiger partial charge in [0.1, 0.15) is 11.4 Å². The number of nitrogens with zero attached hydrogens (tertiary/aromatic N) is 12. The highest BCUT2D eigenvalue weighted by Crippen LogP contribution is 2.33. The summed E-state index contributed by atoms with van der Waals surface area (Å²) in [6.07, 6.45) is 19.6. The molecule has 19 heteroatoms. The van der Waals surface area contributed by atoms with Crippen molar-refractivity contribution in [3.05, 3.63) is 109 Å². The van der Waals surface area contributed by atoms with Crippen molar-refractivity contribution in [3.63, 3.8) is 0 Å². The van der Waals surface area contributed by atoms with Crippen molar-refractivity contribution < 1.29 is 14.7 Å². The fourth-order valence-electron chi connectivity index (χ4n) is 12.6. The van der Waals surface area contributed by atoms with Crippen molar-refractivity contribution in [1.29, 1.82) is 0 Å². The number of piperidine rings is 2. The van der Waals surface area contributed by atoms with E-state index in [-0.39, 0.29) is 11.6 Å². The highest BCUT2D eigenvalue weighted by molar-refractivity contribution is 6.01. The summed E-state index contributed by atoms with van der Waals surface area (Å²) in [5, 5.41) is 23.9. The number of carboxylic acid groups (broad SMARTS) is 1. The molecule has 0 unspecified atom stereocenters. The van der Waals surface area contributed by atoms with Gasteiger partial charge in [-0.15, -0.1) is 0 Å². The van der Waals surface area contributed by atoms with Gasteiger partial charge in [-0.2, -0.15) is 0 Å². The van der Waals surface area contributed by atoms with Crippen LogP contribution in [-0.4, -0.2) is 220 Å². The lowest BCUT2D eigenvalue weighted by Crippen LogP contribution is -2.45. The molecule has 0 saturated carbocycles. The molecule has 4 aliphatic rings. The lowest BCUT2D eigenvalue weighted by atomic mass is 10.1. The second-order valence-corrected chi connectivity index (χ2v) is 24.3. The monoisotopic (exact) mass is 1180 g/mol. The predicted molar refractivity (Wildman–Crippen MR) is 355 cm³/mol. The fourth-order valence-corrected chi connectivity index (χ4v) is 12.6. The van der Waals surface area contributed by atoms with E-state index in [1.165, 1.54) is 97.4 Å². The van der Waals surface area contributed by atoms with E-state index in [1.54, 1.807) is 30.1 Å². The second-order valence-electron chi connectivity index (χ2n) is 24.3. The third kappa shape index (κ3) is 17.0. The Kier molecular flexibility index (Phi) is 22.6. The summed E-state index contributed by atoms with van der Waals surface area (Å²) < 4.78 is 3.69. The number of piperazine rings is 2. The number of amides is 1. The van der Waals surface area contributed by atoms with Crippen LogP contribution in [0.4, 0.5) is 11.4 Å². The number of benzene rings is 2. The van der Waals surface area contributed by atoms with E-state index >= 15 is 0 Å². The molecule has 4 saturated heterocycles. The number of anilines is 2. The van der Waals surface area contributed by atoms with E-state index in [9.17, 15) is 14.7 Å². The van der Waals surface area contributed by atoms with Crippen molar-refractivity contribution in [2.24, 2.45) is 19.8 Å². The summed E-state index contributed by atoms with van der Waals surface area (Å²) in [6.45, 7) is 22.0. The van der Waals surface area contributed by atoms with Gasteiger partial charge < -0.3 is 65.3 Å². The van der Waals surface area contributed by atoms with Crippen molar-refractivity contribution in [1.82, 2.24) is 63.8 Å². The quantitative estimate of drug-likeness (QED) is 0.0428. The molecule has 10 heterocycles. The minimum Gasteiger partial charge on any atom is -0.477 e.